The van der Waals surface area contributed by atoms with Gasteiger partial charge in [0.25, 0.3) is 0 Å². The van der Waals surface area contributed by atoms with Gasteiger partial charge in [-0.3, -0.25) is 9.79 Å². The van der Waals surface area contributed by atoms with E-state index in [1.165, 1.54) is 0 Å². The molecule has 0 atom stereocenters. The first kappa shape index (κ1) is 13.8. The molecule has 17 heavy (non-hydrogen) atoms. The van der Waals surface area contributed by atoms with Crippen molar-refractivity contribution in [2.24, 2.45) is 10.7 Å². The van der Waals surface area contributed by atoms with E-state index in [-0.39, 0.29) is 5.91 Å². The fourth-order valence-electron chi connectivity index (χ4n) is 1.84. The van der Waals surface area contributed by atoms with Crippen LogP contribution in [-0.4, -0.2) is 42.9 Å². The maximum Gasteiger partial charge on any atom is 0.224 e. The van der Waals surface area contributed by atoms with Crippen LogP contribution in [0.3, 0.4) is 0 Å². The molecule has 1 saturated heterocycles. The number of likely N-dealkylation sites (tertiary alicyclic amines) is 1. The van der Waals surface area contributed by atoms with Crippen LogP contribution in [0.4, 0.5) is 0 Å². The third-order valence-electron chi connectivity index (χ3n) is 2.90. The van der Waals surface area contributed by atoms with Crippen LogP contribution in [0.15, 0.2) is 4.99 Å². The highest BCUT2D eigenvalue weighted by Crippen LogP contribution is 2.08. The van der Waals surface area contributed by atoms with Crippen LogP contribution in [0, 0.1) is 0 Å². The first-order valence-electron chi connectivity index (χ1n) is 6.55. The zero-order chi connectivity index (χ0) is 12.5. The van der Waals surface area contributed by atoms with E-state index in [4.69, 9.17) is 5.73 Å². The van der Waals surface area contributed by atoms with E-state index in [1.807, 2.05) is 4.90 Å². The molecule has 1 aliphatic rings. The molecule has 0 aliphatic carbocycles. The maximum atomic E-state index is 11.7. The fourth-order valence-corrected chi connectivity index (χ4v) is 1.84. The van der Waals surface area contributed by atoms with Crippen molar-refractivity contribution in [2.45, 2.75) is 39.0 Å². The van der Waals surface area contributed by atoms with Crippen molar-refractivity contribution in [3.8, 4) is 0 Å². The number of nitrogens with one attached hydrogen (secondary N) is 1. The summed E-state index contributed by atoms with van der Waals surface area (Å²) in [6.07, 6.45) is 4.95. The Bertz CT molecular complexity index is 259. The van der Waals surface area contributed by atoms with Gasteiger partial charge in [-0.2, -0.15) is 0 Å². The van der Waals surface area contributed by atoms with Crippen molar-refractivity contribution >= 4 is 11.9 Å². The van der Waals surface area contributed by atoms with Crippen LogP contribution < -0.4 is 11.1 Å². The van der Waals surface area contributed by atoms with Gasteiger partial charge in [-0.05, 0) is 19.3 Å². The molecule has 0 saturated carbocycles. The van der Waals surface area contributed by atoms with Crippen molar-refractivity contribution in [2.75, 3.05) is 26.2 Å². The molecule has 0 unspecified atom stereocenters. The van der Waals surface area contributed by atoms with E-state index in [1.54, 1.807) is 0 Å². The average molecular weight is 240 g/mol. The monoisotopic (exact) mass is 240 g/mol. The van der Waals surface area contributed by atoms with Gasteiger partial charge >= 0.3 is 0 Å². The zero-order valence-electron chi connectivity index (χ0n) is 10.7. The third-order valence-corrected chi connectivity index (χ3v) is 2.90. The van der Waals surface area contributed by atoms with E-state index >= 15 is 0 Å². The second kappa shape index (κ2) is 7.92. The molecule has 1 aliphatic heterocycles. The molecule has 0 aromatic rings. The van der Waals surface area contributed by atoms with Crippen LogP contribution in [0.1, 0.15) is 39.0 Å². The lowest BCUT2D eigenvalue weighted by atomic mass is 10.3. The predicted molar refractivity (Wildman–Crippen MR) is 69.8 cm³/mol. The Balaban J connectivity index is 2.09. The van der Waals surface area contributed by atoms with Crippen LogP contribution >= 0.6 is 0 Å². The molecule has 98 valence electrons. The molecule has 5 nitrogen and oxygen atoms in total. The van der Waals surface area contributed by atoms with Crippen LogP contribution in [0.25, 0.3) is 0 Å². The van der Waals surface area contributed by atoms with Crippen molar-refractivity contribution in [1.29, 1.82) is 0 Å². The smallest absolute Gasteiger partial charge is 0.224 e. The SMILES string of the molecule is CCCCN=C(N)NCCC(=O)N1CCCC1. The summed E-state index contributed by atoms with van der Waals surface area (Å²) < 4.78 is 0. The Morgan fingerprint density at radius 3 is 2.76 bits per heavy atom. The standard InChI is InChI=1S/C12H24N4O/c1-2-3-7-14-12(13)15-8-6-11(17)16-9-4-5-10-16/h2-10H2,1H3,(H3,13,14,15). The Morgan fingerprint density at radius 1 is 1.41 bits per heavy atom. The molecule has 0 spiro atoms. The first-order valence-corrected chi connectivity index (χ1v) is 6.55. The van der Waals surface area contributed by atoms with Gasteiger partial charge < -0.3 is 16.0 Å². The molecule has 3 N–H and O–H groups in total. The second-order valence-electron chi connectivity index (χ2n) is 4.39. The van der Waals surface area contributed by atoms with Crippen molar-refractivity contribution in [1.82, 2.24) is 10.2 Å². The maximum absolute atomic E-state index is 11.7. The Morgan fingerprint density at radius 2 is 2.12 bits per heavy atom. The van der Waals surface area contributed by atoms with Crippen molar-refractivity contribution < 1.29 is 4.79 Å². The summed E-state index contributed by atoms with van der Waals surface area (Å²) in [7, 11) is 0. The number of aliphatic imine (C=N–C) groups is 1. The van der Waals surface area contributed by atoms with E-state index < -0.39 is 0 Å². The minimum atomic E-state index is 0.219. The van der Waals surface area contributed by atoms with Gasteiger partial charge in [0.15, 0.2) is 5.96 Å². The lowest BCUT2D eigenvalue weighted by Gasteiger charge is -2.15. The van der Waals surface area contributed by atoms with E-state index in [0.29, 0.717) is 18.9 Å². The lowest BCUT2D eigenvalue weighted by molar-refractivity contribution is -0.129. The fraction of sp³-hybridized carbons (Fsp3) is 0.833. The summed E-state index contributed by atoms with van der Waals surface area (Å²) in [5.41, 5.74) is 5.67. The number of nitrogens with two attached hydrogens (primary N) is 1. The largest absolute Gasteiger partial charge is 0.370 e. The van der Waals surface area contributed by atoms with Crippen LogP contribution in [0.2, 0.25) is 0 Å². The first-order chi connectivity index (χ1) is 8.24. The molecule has 1 rings (SSSR count). The third kappa shape index (κ3) is 5.56. The zero-order valence-corrected chi connectivity index (χ0v) is 10.7. The quantitative estimate of drug-likeness (QED) is 0.408. The summed E-state index contributed by atoms with van der Waals surface area (Å²) in [6, 6.07) is 0. The van der Waals surface area contributed by atoms with E-state index in [2.05, 4.69) is 17.2 Å². The highest BCUT2D eigenvalue weighted by Gasteiger charge is 2.16. The van der Waals surface area contributed by atoms with E-state index in [9.17, 15) is 4.79 Å². The normalized spacial score (nSPS) is 16.3. The number of unbranched alkanes of at least 4 members (excludes halogenated alkanes) is 1. The topological polar surface area (TPSA) is 70.7 Å². The number of carbonyl (C=O) groups excluding carboxylic acids is 1. The molecule has 1 fully saturated rings. The van der Waals surface area contributed by atoms with Crippen LogP contribution in [-0.2, 0) is 4.79 Å². The Kier molecular flexibility index (Phi) is 6.43. The number of hydrogen-bond acceptors (Lipinski definition) is 2. The predicted octanol–water partition coefficient (Wildman–Crippen LogP) is 0.703. The highest BCUT2D eigenvalue weighted by atomic mass is 16.2. The molecule has 0 aromatic heterocycles. The van der Waals surface area contributed by atoms with Gasteiger partial charge in [-0.1, -0.05) is 13.3 Å². The van der Waals surface area contributed by atoms with Gasteiger partial charge in [0.2, 0.25) is 5.91 Å². The summed E-state index contributed by atoms with van der Waals surface area (Å²) in [6.45, 7) is 5.29. The summed E-state index contributed by atoms with van der Waals surface area (Å²) in [5.74, 6) is 0.670. The van der Waals surface area contributed by atoms with Crippen LogP contribution in [0.5, 0.6) is 0 Å². The average Bonchev–Trinajstić information content (AvgIpc) is 2.82. The van der Waals surface area contributed by atoms with Gasteiger partial charge in [0, 0.05) is 32.6 Å². The molecule has 0 radical (unpaired) electrons. The van der Waals surface area contributed by atoms with Gasteiger partial charge in [-0.15, -0.1) is 0 Å². The molecular weight excluding hydrogens is 216 g/mol. The second-order valence-corrected chi connectivity index (χ2v) is 4.39. The molecule has 1 amide bonds. The van der Waals surface area contributed by atoms with Crippen molar-refractivity contribution in [3.05, 3.63) is 0 Å². The Labute approximate surface area is 103 Å². The number of hydrogen-bond donors (Lipinski definition) is 2. The minimum absolute atomic E-state index is 0.219. The molecule has 0 aromatic carbocycles. The summed E-state index contributed by atoms with van der Waals surface area (Å²) >= 11 is 0. The highest BCUT2D eigenvalue weighted by molar-refractivity contribution is 5.80. The minimum Gasteiger partial charge on any atom is -0.370 e. The van der Waals surface area contributed by atoms with Crippen molar-refractivity contribution in [3.63, 3.8) is 0 Å². The van der Waals surface area contributed by atoms with Gasteiger partial charge in [-0.25, -0.2) is 0 Å². The number of amides is 1. The lowest BCUT2D eigenvalue weighted by Crippen LogP contribution is -2.36. The van der Waals surface area contributed by atoms with Gasteiger partial charge in [0.1, 0.15) is 0 Å². The number of guanidine groups is 1. The summed E-state index contributed by atoms with van der Waals surface area (Å²) in [5, 5.41) is 2.98. The molecule has 5 heteroatoms. The summed E-state index contributed by atoms with van der Waals surface area (Å²) in [4.78, 5) is 17.8. The van der Waals surface area contributed by atoms with E-state index in [0.717, 1.165) is 45.3 Å². The Hall–Kier alpha value is -1.26. The number of rotatable bonds is 6. The number of nitrogens with zero attached hydrogens (tertiary/aromatic N) is 2. The molecule has 0 bridgehead atoms. The molecule has 1 heterocycles. The van der Waals surface area contributed by atoms with Gasteiger partial charge in [0.05, 0.1) is 0 Å². The number of carbonyl (C=O) groups is 1. The molecular formula is C12H24N4O.